The van der Waals surface area contributed by atoms with E-state index in [0.29, 0.717) is 12.2 Å². The molecule has 0 saturated heterocycles. The van der Waals surface area contributed by atoms with Crippen LogP contribution in [0.4, 0.5) is 10.5 Å². The van der Waals surface area contributed by atoms with Crippen LogP contribution in [0.1, 0.15) is 0 Å². The number of nitrogens with one attached hydrogen (secondary N) is 2. The molecule has 0 aliphatic carbocycles. The Kier molecular flexibility index (Phi) is 4.07. The van der Waals surface area contributed by atoms with Crippen molar-refractivity contribution in [1.29, 1.82) is 0 Å². The van der Waals surface area contributed by atoms with E-state index in [2.05, 4.69) is 29.8 Å². The smallest absolute Gasteiger partial charge is 0.319 e. The molecule has 3 nitrogen and oxygen atoms in total. The maximum atomic E-state index is 11.2. The Hall–Kier alpha value is -1.42. The van der Waals surface area contributed by atoms with Crippen LogP contribution in [0.2, 0.25) is 0 Å². The van der Waals surface area contributed by atoms with E-state index < -0.39 is 0 Å². The van der Waals surface area contributed by atoms with Crippen molar-refractivity contribution >= 4 is 24.3 Å². The minimum absolute atomic E-state index is 0.258. The van der Waals surface area contributed by atoms with Gasteiger partial charge >= 0.3 is 6.03 Å². The second-order valence-electron chi connectivity index (χ2n) is 2.64. The SMILES string of the molecule is C=CCNC(=O)Nc1ccccc1S. The van der Waals surface area contributed by atoms with Crippen molar-refractivity contribution in [3.8, 4) is 0 Å². The molecule has 14 heavy (non-hydrogen) atoms. The normalized spacial score (nSPS) is 9.21. The van der Waals surface area contributed by atoms with Crippen LogP contribution in [0.5, 0.6) is 0 Å². The van der Waals surface area contributed by atoms with E-state index in [0.717, 1.165) is 4.90 Å². The second kappa shape index (κ2) is 5.34. The van der Waals surface area contributed by atoms with E-state index in [1.807, 2.05) is 18.2 Å². The third-order valence-electron chi connectivity index (χ3n) is 1.56. The summed E-state index contributed by atoms with van der Waals surface area (Å²) >= 11 is 4.20. The maximum Gasteiger partial charge on any atom is 0.319 e. The lowest BCUT2D eigenvalue weighted by Crippen LogP contribution is -2.28. The van der Waals surface area contributed by atoms with Gasteiger partial charge < -0.3 is 10.6 Å². The average molecular weight is 208 g/mol. The fourth-order valence-electron chi connectivity index (χ4n) is 0.911. The highest BCUT2D eigenvalue weighted by Crippen LogP contribution is 2.17. The molecule has 0 atom stereocenters. The third-order valence-corrected chi connectivity index (χ3v) is 1.95. The molecule has 0 saturated carbocycles. The Morgan fingerprint density at radius 3 is 2.86 bits per heavy atom. The van der Waals surface area contributed by atoms with Crippen LogP contribution in [0.15, 0.2) is 41.8 Å². The highest BCUT2D eigenvalue weighted by atomic mass is 32.1. The van der Waals surface area contributed by atoms with Crippen molar-refractivity contribution in [1.82, 2.24) is 5.32 Å². The van der Waals surface area contributed by atoms with Gasteiger partial charge in [0.25, 0.3) is 0 Å². The molecule has 74 valence electrons. The first-order valence-corrected chi connectivity index (χ1v) is 4.62. The molecule has 0 heterocycles. The molecule has 0 aromatic heterocycles. The van der Waals surface area contributed by atoms with E-state index >= 15 is 0 Å². The van der Waals surface area contributed by atoms with E-state index in [-0.39, 0.29) is 6.03 Å². The summed E-state index contributed by atoms with van der Waals surface area (Å²) in [7, 11) is 0. The lowest BCUT2D eigenvalue weighted by molar-refractivity contribution is 0.253. The molecule has 0 aliphatic heterocycles. The Morgan fingerprint density at radius 1 is 1.50 bits per heavy atom. The van der Waals surface area contributed by atoms with Gasteiger partial charge in [0, 0.05) is 11.4 Å². The summed E-state index contributed by atoms with van der Waals surface area (Å²) < 4.78 is 0. The van der Waals surface area contributed by atoms with Gasteiger partial charge in [-0.15, -0.1) is 19.2 Å². The fourth-order valence-corrected chi connectivity index (χ4v) is 1.13. The summed E-state index contributed by atoms with van der Waals surface area (Å²) in [5, 5.41) is 5.28. The fraction of sp³-hybridized carbons (Fsp3) is 0.100. The van der Waals surface area contributed by atoms with Crippen LogP contribution in [0.25, 0.3) is 0 Å². The van der Waals surface area contributed by atoms with E-state index in [1.54, 1.807) is 12.1 Å². The standard InChI is InChI=1S/C10H12N2OS/c1-2-7-11-10(13)12-8-5-3-4-6-9(8)14/h2-6,14H,1,7H2,(H2,11,12,13). The number of thiol groups is 1. The molecule has 0 fully saturated rings. The van der Waals surface area contributed by atoms with Crippen molar-refractivity contribution < 1.29 is 4.79 Å². The number of hydrogen-bond donors (Lipinski definition) is 3. The minimum Gasteiger partial charge on any atom is -0.334 e. The maximum absolute atomic E-state index is 11.2. The summed E-state index contributed by atoms with van der Waals surface area (Å²) in [5.41, 5.74) is 0.692. The molecule has 0 spiro atoms. The van der Waals surface area contributed by atoms with Gasteiger partial charge in [-0.25, -0.2) is 4.79 Å². The van der Waals surface area contributed by atoms with Gasteiger partial charge in [0.1, 0.15) is 0 Å². The van der Waals surface area contributed by atoms with Crippen molar-refractivity contribution in [3.05, 3.63) is 36.9 Å². The van der Waals surface area contributed by atoms with Crippen LogP contribution >= 0.6 is 12.6 Å². The summed E-state index contributed by atoms with van der Waals surface area (Å²) in [4.78, 5) is 12.0. The van der Waals surface area contributed by atoms with Crippen molar-refractivity contribution in [2.45, 2.75) is 4.90 Å². The lowest BCUT2D eigenvalue weighted by atomic mass is 10.3. The summed E-state index contributed by atoms with van der Waals surface area (Å²) in [6.45, 7) is 3.94. The molecule has 0 aliphatic rings. The predicted molar refractivity (Wildman–Crippen MR) is 60.9 cm³/mol. The largest absolute Gasteiger partial charge is 0.334 e. The number of urea groups is 1. The van der Waals surface area contributed by atoms with Crippen LogP contribution in [0.3, 0.4) is 0 Å². The first-order valence-electron chi connectivity index (χ1n) is 4.18. The van der Waals surface area contributed by atoms with Gasteiger partial charge in [-0.3, -0.25) is 0 Å². The molecular weight excluding hydrogens is 196 g/mol. The summed E-state index contributed by atoms with van der Waals surface area (Å²) in [6.07, 6.45) is 1.62. The van der Waals surface area contributed by atoms with Gasteiger partial charge in [0.2, 0.25) is 0 Å². The van der Waals surface area contributed by atoms with Crippen LogP contribution in [0, 0.1) is 0 Å². The van der Waals surface area contributed by atoms with Gasteiger partial charge in [-0.2, -0.15) is 0 Å². The molecule has 0 bridgehead atoms. The number of rotatable bonds is 3. The number of carbonyl (C=O) groups excluding carboxylic acids is 1. The first-order chi connectivity index (χ1) is 6.74. The summed E-state index contributed by atoms with van der Waals surface area (Å²) in [6, 6.07) is 7.03. The third kappa shape index (κ3) is 3.14. The molecule has 0 unspecified atom stereocenters. The van der Waals surface area contributed by atoms with Gasteiger partial charge in [-0.05, 0) is 12.1 Å². The zero-order valence-electron chi connectivity index (χ0n) is 7.66. The van der Waals surface area contributed by atoms with E-state index in [9.17, 15) is 4.79 Å². The Morgan fingerprint density at radius 2 is 2.21 bits per heavy atom. The number of para-hydroxylation sites is 1. The van der Waals surface area contributed by atoms with Crippen LogP contribution < -0.4 is 10.6 Å². The Bertz CT molecular complexity index is 339. The number of benzene rings is 1. The highest BCUT2D eigenvalue weighted by molar-refractivity contribution is 7.80. The lowest BCUT2D eigenvalue weighted by Gasteiger charge is -2.07. The van der Waals surface area contributed by atoms with Crippen molar-refractivity contribution in [3.63, 3.8) is 0 Å². The zero-order chi connectivity index (χ0) is 10.4. The second-order valence-corrected chi connectivity index (χ2v) is 3.12. The van der Waals surface area contributed by atoms with Gasteiger partial charge in [0.05, 0.1) is 5.69 Å². The first kappa shape index (κ1) is 10.7. The molecule has 1 aromatic rings. The Labute approximate surface area is 88.6 Å². The van der Waals surface area contributed by atoms with Crippen LogP contribution in [-0.4, -0.2) is 12.6 Å². The topological polar surface area (TPSA) is 41.1 Å². The number of amides is 2. The minimum atomic E-state index is -0.258. The molecule has 1 aromatic carbocycles. The average Bonchev–Trinajstić information content (AvgIpc) is 2.18. The number of anilines is 1. The molecule has 4 heteroatoms. The molecular formula is C10H12N2OS. The van der Waals surface area contributed by atoms with E-state index in [1.165, 1.54) is 0 Å². The number of hydrogen-bond acceptors (Lipinski definition) is 2. The van der Waals surface area contributed by atoms with E-state index in [4.69, 9.17) is 0 Å². The Balaban J connectivity index is 2.56. The summed E-state index contributed by atoms with van der Waals surface area (Å²) in [5.74, 6) is 0. The zero-order valence-corrected chi connectivity index (χ0v) is 8.55. The highest BCUT2D eigenvalue weighted by Gasteiger charge is 2.01. The molecule has 2 amide bonds. The van der Waals surface area contributed by atoms with Gasteiger partial charge in [0.15, 0.2) is 0 Å². The predicted octanol–water partition coefficient (Wildman–Crippen LogP) is 2.28. The van der Waals surface area contributed by atoms with Crippen LogP contribution in [-0.2, 0) is 0 Å². The molecule has 1 rings (SSSR count). The van der Waals surface area contributed by atoms with Gasteiger partial charge in [-0.1, -0.05) is 18.2 Å². The quantitative estimate of drug-likeness (QED) is 0.517. The van der Waals surface area contributed by atoms with Crippen molar-refractivity contribution in [2.75, 3.05) is 11.9 Å². The number of carbonyl (C=O) groups is 1. The molecule has 2 N–H and O–H groups in total. The van der Waals surface area contributed by atoms with Crippen molar-refractivity contribution in [2.24, 2.45) is 0 Å². The monoisotopic (exact) mass is 208 g/mol. The molecule has 0 radical (unpaired) electrons.